The number of rotatable bonds is 7. The second-order valence-electron chi connectivity index (χ2n) is 7.73. The maximum absolute atomic E-state index is 6.47. The van der Waals surface area contributed by atoms with Gasteiger partial charge in [-0.3, -0.25) is 4.90 Å². The third kappa shape index (κ3) is 2.79. The molecule has 3 saturated heterocycles. The second kappa shape index (κ2) is 6.87. The van der Waals surface area contributed by atoms with Crippen molar-refractivity contribution in [2.75, 3.05) is 13.1 Å². The minimum atomic E-state index is -0.278. The van der Waals surface area contributed by atoms with Gasteiger partial charge in [-0.2, -0.15) is 0 Å². The molecule has 4 atom stereocenters. The third-order valence-electron chi connectivity index (χ3n) is 6.26. The molecule has 1 N–H and O–H groups in total. The van der Waals surface area contributed by atoms with Gasteiger partial charge in [-0.1, -0.05) is 13.8 Å². The molecular formula is C22H26N4O2. The van der Waals surface area contributed by atoms with Crippen LogP contribution in [0.2, 0.25) is 0 Å². The summed E-state index contributed by atoms with van der Waals surface area (Å²) in [6.45, 7) is 6.60. The quantitative estimate of drug-likeness (QED) is 0.624. The van der Waals surface area contributed by atoms with Gasteiger partial charge in [-0.05, 0) is 31.0 Å². The molecule has 146 valence electrons. The Morgan fingerprint density at radius 1 is 1.21 bits per heavy atom. The zero-order chi connectivity index (χ0) is 19.1. The molecule has 3 aromatic heterocycles. The van der Waals surface area contributed by atoms with E-state index in [4.69, 9.17) is 9.47 Å². The Hall–Kier alpha value is -2.44. The van der Waals surface area contributed by atoms with Crippen molar-refractivity contribution in [3.05, 3.63) is 42.9 Å². The van der Waals surface area contributed by atoms with E-state index < -0.39 is 0 Å². The van der Waals surface area contributed by atoms with Gasteiger partial charge in [-0.15, -0.1) is 0 Å². The lowest BCUT2D eigenvalue weighted by molar-refractivity contribution is -0.284. The third-order valence-corrected chi connectivity index (χ3v) is 6.26. The molecule has 0 aromatic carbocycles. The smallest absolute Gasteiger partial charge is 0.215 e. The summed E-state index contributed by atoms with van der Waals surface area (Å²) in [4.78, 5) is 14.5. The van der Waals surface area contributed by atoms with Crippen LogP contribution in [0.5, 0.6) is 5.88 Å². The van der Waals surface area contributed by atoms with Crippen LogP contribution in [0.1, 0.15) is 33.1 Å². The predicted molar refractivity (Wildman–Crippen MR) is 108 cm³/mol. The van der Waals surface area contributed by atoms with E-state index in [-0.39, 0.29) is 12.0 Å². The van der Waals surface area contributed by atoms with Gasteiger partial charge in [0.25, 0.3) is 0 Å². The van der Waals surface area contributed by atoms with Crippen LogP contribution in [-0.2, 0) is 4.74 Å². The Balaban J connectivity index is 1.29. The fourth-order valence-electron chi connectivity index (χ4n) is 4.66. The van der Waals surface area contributed by atoms with Crippen LogP contribution >= 0.6 is 0 Å². The average Bonchev–Trinajstić information content (AvgIpc) is 3.47. The maximum atomic E-state index is 6.47. The SMILES string of the molecule is CCC(Oc1ccc(-c2cnc3[nH]ccc3c2)cn1)OC1(CC)C2CCN1C2. The van der Waals surface area contributed by atoms with Gasteiger partial charge < -0.3 is 14.5 Å². The van der Waals surface area contributed by atoms with Gasteiger partial charge in [-0.25, -0.2) is 9.97 Å². The number of aromatic amines is 1. The Kier molecular flexibility index (Phi) is 4.33. The van der Waals surface area contributed by atoms with E-state index in [1.807, 2.05) is 36.8 Å². The van der Waals surface area contributed by atoms with Gasteiger partial charge >= 0.3 is 0 Å². The molecule has 6 heteroatoms. The van der Waals surface area contributed by atoms with Crippen molar-refractivity contribution in [1.29, 1.82) is 0 Å². The van der Waals surface area contributed by atoms with E-state index in [1.165, 1.54) is 6.42 Å². The Labute approximate surface area is 164 Å². The molecule has 0 saturated carbocycles. The zero-order valence-electron chi connectivity index (χ0n) is 16.4. The number of H-pyrrole nitrogens is 1. The van der Waals surface area contributed by atoms with E-state index in [9.17, 15) is 0 Å². The summed E-state index contributed by atoms with van der Waals surface area (Å²) in [5.41, 5.74) is 2.83. The molecule has 3 aromatic rings. The number of nitrogens with one attached hydrogen (secondary N) is 1. The first-order chi connectivity index (χ1) is 13.7. The van der Waals surface area contributed by atoms with Gasteiger partial charge in [0, 0.05) is 66.6 Å². The first-order valence-corrected chi connectivity index (χ1v) is 10.2. The van der Waals surface area contributed by atoms with Crippen LogP contribution < -0.4 is 4.74 Å². The van der Waals surface area contributed by atoms with E-state index in [0.29, 0.717) is 11.8 Å². The highest BCUT2D eigenvalue weighted by Crippen LogP contribution is 2.49. The molecule has 4 unspecified atom stereocenters. The average molecular weight is 378 g/mol. The summed E-state index contributed by atoms with van der Waals surface area (Å²) in [6.07, 6.45) is 8.34. The predicted octanol–water partition coefficient (Wildman–Crippen LogP) is 4.20. The molecule has 28 heavy (non-hydrogen) atoms. The Morgan fingerprint density at radius 2 is 2.11 bits per heavy atom. The van der Waals surface area contributed by atoms with Gasteiger partial charge in [0.2, 0.25) is 12.2 Å². The fraction of sp³-hybridized carbons (Fsp3) is 0.455. The second-order valence-corrected chi connectivity index (χ2v) is 7.73. The number of pyridine rings is 2. The van der Waals surface area contributed by atoms with Crippen molar-refractivity contribution in [2.24, 2.45) is 5.92 Å². The molecule has 2 bridgehead atoms. The lowest BCUT2D eigenvalue weighted by atomic mass is 9.86. The van der Waals surface area contributed by atoms with Crippen molar-refractivity contribution >= 4 is 11.0 Å². The minimum Gasteiger partial charge on any atom is -0.448 e. The summed E-state index contributed by atoms with van der Waals surface area (Å²) in [5.74, 6) is 1.24. The van der Waals surface area contributed by atoms with E-state index >= 15 is 0 Å². The molecule has 6 nitrogen and oxygen atoms in total. The van der Waals surface area contributed by atoms with Gasteiger partial charge in [0.05, 0.1) is 0 Å². The van der Waals surface area contributed by atoms with Crippen LogP contribution in [0.4, 0.5) is 0 Å². The zero-order valence-corrected chi connectivity index (χ0v) is 16.4. The highest BCUT2D eigenvalue weighted by molar-refractivity contribution is 5.81. The summed E-state index contributed by atoms with van der Waals surface area (Å²) < 4.78 is 12.6. The molecule has 0 radical (unpaired) electrons. The van der Waals surface area contributed by atoms with Crippen LogP contribution in [-0.4, -0.2) is 45.0 Å². The van der Waals surface area contributed by atoms with E-state index in [1.54, 1.807) is 0 Å². The number of hydrogen-bond donors (Lipinski definition) is 1. The van der Waals surface area contributed by atoms with E-state index in [2.05, 4.69) is 39.8 Å². The lowest BCUT2D eigenvalue weighted by Crippen LogP contribution is -2.63. The van der Waals surface area contributed by atoms with Crippen LogP contribution in [0.3, 0.4) is 0 Å². The normalized spacial score (nSPS) is 26.9. The summed E-state index contributed by atoms with van der Waals surface area (Å²) in [7, 11) is 0. The van der Waals surface area contributed by atoms with E-state index in [0.717, 1.165) is 48.1 Å². The molecule has 3 fully saturated rings. The van der Waals surface area contributed by atoms with Crippen molar-refractivity contribution in [2.45, 2.75) is 45.1 Å². The number of aromatic nitrogens is 3. The molecule has 3 aliphatic heterocycles. The topological polar surface area (TPSA) is 63.3 Å². The fourth-order valence-corrected chi connectivity index (χ4v) is 4.66. The van der Waals surface area contributed by atoms with Crippen molar-refractivity contribution in [1.82, 2.24) is 19.9 Å². The van der Waals surface area contributed by atoms with Gasteiger partial charge in [0.1, 0.15) is 11.4 Å². The molecule has 0 spiro atoms. The first kappa shape index (κ1) is 17.6. The molecule has 6 heterocycles. The number of nitrogens with zero attached hydrogens (tertiary/aromatic N) is 3. The standard InChI is InChI=1S/C22H26N4O2/c1-3-20(28-22(4-2)18-8-10-26(22)14-18)27-19-6-5-16(12-24-19)17-11-15-7-9-23-21(15)25-13-17/h5-7,9,11-13,18,20H,3-4,8,10,14H2,1-2H3,(H,23,25). The van der Waals surface area contributed by atoms with Crippen LogP contribution in [0.25, 0.3) is 22.2 Å². The largest absolute Gasteiger partial charge is 0.448 e. The Morgan fingerprint density at radius 3 is 2.79 bits per heavy atom. The molecule has 3 aliphatic rings. The van der Waals surface area contributed by atoms with Crippen molar-refractivity contribution < 1.29 is 9.47 Å². The summed E-state index contributed by atoms with van der Waals surface area (Å²) >= 11 is 0. The van der Waals surface area contributed by atoms with Gasteiger partial charge in [0.15, 0.2) is 0 Å². The number of ether oxygens (including phenoxy) is 2. The van der Waals surface area contributed by atoms with Crippen molar-refractivity contribution in [3.8, 4) is 17.0 Å². The molecule has 6 rings (SSSR count). The van der Waals surface area contributed by atoms with Crippen LogP contribution in [0, 0.1) is 5.92 Å². The summed E-state index contributed by atoms with van der Waals surface area (Å²) in [6, 6.07) is 8.07. The number of hydrogen-bond acceptors (Lipinski definition) is 5. The molecule has 0 amide bonds. The molecular weight excluding hydrogens is 352 g/mol. The van der Waals surface area contributed by atoms with Crippen molar-refractivity contribution in [3.63, 3.8) is 0 Å². The molecule has 0 aliphatic carbocycles. The highest BCUT2D eigenvalue weighted by Gasteiger charge is 2.58. The first-order valence-electron chi connectivity index (χ1n) is 10.2. The summed E-state index contributed by atoms with van der Waals surface area (Å²) in [5, 5.41) is 1.09. The maximum Gasteiger partial charge on any atom is 0.215 e. The van der Waals surface area contributed by atoms with Crippen LogP contribution in [0.15, 0.2) is 42.9 Å². The Bertz CT molecular complexity index is 954. The monoisotopic (exact) mass is 378 g/mol. The highest BCUT2D eigenvalue weighted by atomic mass is 16.7. The minimum absolute atomic E-state index is 0.127. The number of fused-ring (bicyclic) bond motifs is 2. The lowest BCUT2D eigenvalue weighted by Gasteiger charge is -2.52.